The van der Waals surface area contributed by atoms with Gasteiger partial charge in [-0.25, -0.2) is 4.39 Å². The molecular weight excluding hydrogens is 459 g/mol. The highest BCUT2D eigenvalue weighted by Gasteiger charge is 2.69. The number of carbonyl (C=O) groups excluding carboxylic acids is 2. The number of fused-ring (bicyclic) bond motifs is 9. The molecule has 160 valence electrons. The van der Waals surface area contributed by atoms with Crippen molar-refractivity contribution in [1.82, 2.24) is 9.88 Å². The number of carboxylic acids is 1. The Morgan fingerprint density at radius 3 is 2.55 bits per heavy atom. The van der Waals surface area contributed by atoms with E-state index >= 15 is 0 Å². The maximum absolute atomic E-state index is 13.6. The highest BCUT2D eigenvalue weighted by molar-refractivity contribution is 8.00. The summed E-state index contributed by atoms with van der Waals surface area (Å²) in [6.45, 7) is -0.575. The molecule has 7 atom stereocenters. The Kier molecular flexibility index (Phi) is 4.26. The summed E-state index contributed by atoms with van der Waals surface area (Å²) in [6.07, 6.45) is 0.781. The molecule has 6 rings (SSSR count). The first-order valence-electron chi connectivity index (χ1n) is 10.1. The first-order valence-corrected chi connectivity index (χ1v) is 12.2. The molecule has 1 saturated heterocycles. The highest BCUT2D eigenvalue weighted by Crippen LogP contribution is 2.68. The number of H-pyrrole nitrogens is 1. The quantitative estimate of drug-likeness (QED) is 0.521. The lowest BCUT2D eigenvalue weighted by Crippen LogP contribution is -2.42. The van der Waals surface area contributed by atoms with Gasteiger partial charge in [-0.2, -0.15) is 0 Å². The zero-order valence-electron chi connectivity index (χ0n) is 16.0. The third-order valence-corrected chi connectivity index (χ3v) is 10.3. The van der Waals surface area contributed by atoms with Crippen LogP contribution < -0.4 is 0 Å². The molecule has 2 bridgehead atoms. The topological polar surface area (TPSA) is 90.5 Å². The third-order valence-electron chi connectivity index (χ3n) is 7.34. The van der Waals surface area contributed by atoms with Crippen LogP contribution in [0, 0.1) is 39.4 Å². The van der Waals surface area contributed by atoms with Crippen LogP contribution in [0.4, 0.5) is 4.39 Å². The average Bonchev–Trinajstić information content (AvgIpc) is 3.44. The van der Waals surface area contributed by atoms with E-state index in [1.54, 1.807) is 23.9 Å². The van der Waals surface area contributed by atoms with Gasteiger partial charge in [-0.3, -0.25) is 19.3 Å². The molecule has 1 aromatic heterocycles. The van der Waals surface area contributed by atoms with Gasteiger partial charge in [0, 0.05) is 16.0 Å². The number of thiazole rings is 1. The van der Waals surface area contributed by atoms with E-state index in [-0.39, 0.29) is 46.6 Å². The van der Waals surface area contributed by atoms with Crippen molar-refractivity contribution in [3.63, 3.8) is 0 Å². The number of benzene rings is 1. The fourth-order valence-corrected chi connectivity index (χ4v) is 9.75. The van der Waals surface area contributed by atoms with Gasteiger partial charge in [0.15, 0.2) is 3.95 Å². The molecule has 10 heteroatoms. The molecule has 6 nitrogen and oxygen atoms in total. The molecule has 2 amide bonds. The van der Waals surface area contributed by atoms with Gasteiger partial charge in [-0.05, 0) is 54.1 Å². The Labute approximate surface area is 189 Å². The van der Waals surface area contributed by atoms with E-state index in [4.69, 9.17) is 17.3 Å². The molecule has 2 aliphatic heterocycles. The molecule has 0 spiro atoms. The Bertz CT molecular complexity index is 1190. The van der Waals surface area contributed by atoms with Gasteiger partial charge in [0.05, 0.1) is 16.9 Å². The zero-order chi connectivity index (χ0) is 21.6. The number of carbonyl (C=O) groups is 3. The van der Waals surface area contributed by atoms with Crippen LogP contribution in [-0.4, -0.2) is 44.6 Å². The summed E-state index contributed by atoms with van der Waals surface area (Å²) in [5.74, 6) is -3.01. The predicted molar refractivity (Wildman–Crippen MR) is 114 cm³/mol. The Balaban J connectivity index is 1.45. The van der Waals surface area contributed by atoms with Crippen LogP contribution in [0.1, 0.15) is 22.8 Å². The molecule has 2 aromatic rings. The van der Waals surface area contributed by atoms with Gasteiger partial charge in [0.1, 0.15) is 12.4 Å². The Hall–Kier alpha value is -2.04. The maximum Gasteiger partial charge on any atom is 0.323 e. The molecule has 4 aliphatic rings. The molecule has 2 N–H and O–H groups in total. The SMILES string of the molecule is O=C(O)CN1C(=O)C2C3CC(C2C1=O)C1C(c2ccc(F)cc2)c2sc(=S)[nH]c2SC31. The number of halogens is 1. The van der Waals surface area contributed by atoms with Gasteiger partial charge in [0.2, 0.25) is 11.8 Å². The average molecular weight is 477 g/mol. The Morgan fingerprint density at radius 1 is 1.19 bits per heavy atom. The minimum atomic E-state index is -1.18. The number of nitrogens with one attached hydrogen (secondary N) is 1. The summed E-state index contributed by atoms with van der Waals surface area (Å²) in [5, 5.41) is 10.3. The number of carboxylic acid groups (broad SMARTS) is 1. The number of imide groups is 1. The third kappa shape index (κ3) is 2.67. The monoisotopic (exact) mass is 476 g/mol. The molecule has 0 radical (unpaired) electrons. The lowest BCUT2D eigenvalue weighted by Gasteiger charge is -2.43. The highest BCUT2D eigenvalue weighted by atomic mass is 32.2. The smallest absolute Gasteiger partial charge is 0.323 e. The van der Waals surface area contributed by atoms with Gasteiger partial charge in [-0.15, -0.1) is 23.1 Å². The van der Waals surface area contributed by atoms with Crippen molar-refractivity contribution < 1.29 is 23.9 Å². The summed E-state index contributed by atoms with van der Waals surface area (Å²) in [6, 6.07) is 6.49. The summed E-state index contributed by atoms with van der Waals surface area (Å²) in [5.41, 5.74) is 0.978. The molecule has 3 heterocycles. The number of aliphatic carboxylic acids is 1. The van der Waals surface area contributed by atoms with Crippen LogP contribution in [0.2, 0.25) is 0 Å². The number of aromatic nitrogens is 1. The number of hydrogen-bond acceptors (Lipinski definition) is 6. The Morgan fingerprint density at radius 2 is 1.87 bits per heavy atom. The minimum Gasteiger partial charge on any atom is -0.480 e. The second-order valence-electron chi connectivity index (χ2n) is 8.67. The van der Waals surface area contributed by atoms with Crippen molar-refractivity contribution in [3.05, 3.63) is 44.5 Å². The molecule has 31 heavy (non-hydrogen) atoms. The maximum atomic E-state index is 13.6. The summed E-state index contributed by atoms with van der Waals surface area (Å²) < 4.78 is 14.3. The molecular formula is C21H17FN2O4S3. The first kappa shape index (κ1) is 19.6. The van der Waals surface area contributed by atoms with Gasteiger partial charge >= 0.3 is 5.97 Å². The van der Waals surface area contributed by atoms with Crippen molar-refractivity contribution in [2.24, 2.45) is 29.6 Å². The van der Waals surface area contributed by atoms with E-state index in [1.165, 1.54) is 23.5 Å². The van der Waals surface area contributed by atoms with Gasteiger partial charge in [-0.1, -0.05) is 12.1 Å². The lowest BCUT2D eigenvalue weighted by atomic mass is 9.68. The summed E-state index contributed by atoms with van der Waals surface area (Å²) >= 11 is 8.61. The first-order chi connectivity index (χ1) is 14.8. The molecule has 1 aromatic carbocycles. The van der Waals surface area contributed by atoms with Crippen LogP contribution in [0.3, 0.4) is 0 Å². The van der Waals surface area contributed by atoms with Crippen LogP contribution in [0.5, 0.6) is 0 Å². The lowest BCUT2D eigenvalue weighted by molar-refractivity contribution is -0.149. The normalized spacial score (nSPS) is 35.3. The molecule has 7 unspecified atom stereocenters. The van der Waals surface area contributed by atoms with Crippen LogP contribution in [-0.2, 0) is 14.4 Å². The van der Waals surface area contributed by atoms with Crippen molar-refractivity contribution in [2.75, 3.05) is 6.54 Å². The second-order valence-corrected chi connectivity index (χ2v) is 11.6. The van der Waals surface area contributed by atoms with E-state index < -0.39 is 24.3 Å². The standard InChI is InChI=1S/C21H17FN2O4S3/c22-8-3-1-7(2-4-8)12-13-9-5-10(16(13)30-18-17(12)31-21(29)23-18)15-14(9)19(27)24(20(15)28)6-11(25)26/h1-4,9-10,12-16H,5-6H2,(H,23,29)(H,25,26). The fourth-order valence-electron chi connectivity index (χ4n) is 6.41. The number of nitrogens with zero attached hydrogens (tertiary/aromatic N) is 1. The number of hydrogen-bond donors (Lipinski definition) is 2. The molecule has 3 fully saturated rings. The van der Waals surface area contributed by atoms with E-state index in [9.17, 15) is 18.8 Å². The van der Waals surface area contributed by atoms with Gasteiger partial charge < -0.3 is 10.1 Å². The summed E-state index contributed by atoms with van der Waals surface area (Å²) in [7, 11) is 0. The van der Waals surface area contributed by atoms with E-state index in [2.05, 4.69) is 4.98 Å². The molecule has 2 aliphatic carbocycles. The number of rotatable bonds is 3. The molecule has 2 saturated carbocycles. The minimum absolute atomic E-state index is 0.0122. The van der Waals surface area contributed by atoms with Crippen LogP contribution in [0.25, 0.3) is 0 Å². The van der Waals surface area contributed by atoms with Crippen molar-refractivity contribution in [3.8, 4) is 0 Å². The van der Waals surface area contributed by atoms with Gasteiger partial charge in [0.25, 0.3) is 0 Å². The van der Waals surface area contributed by atoms with Crippen molar-refractivity contribution in [1.29, 1.82) is 0 Å². The summed E-state index contributed by atoms with van der Waals surface area (Å²) in [4.78, 5) is 42.6. The zero-order valence-corrected chi connectivity index (χ0v) is 18.4. The number of likely N-dealkylation sites (tertiary alicyclic amines) is 1. The largest absolute Gasteiger partial charge is 0.480 e. The van der Waals surface area contributed by atoms with Crippen LogP contribution in [0.15, 0.2) is 29.3 Å². The van der Waals surface area contributed by atoms with Crippen molar-refractivity contribution >= 4 is 53.1 Å². The van der Waals surface area contributed by atoms with E-state index in [0.717, 1.165) is 26.8 Å². The van der Waals surface area contributed by atoms with Crippen LogP contribution >= 0.6 is 35.3 Å². The number of aromatic amines is 1. The second kappa shape index (κ2) is 6.73. The van der Waals surface area contributed by atoms with E-state index in [0.29, 0.717) is 3.95 Å². The predicted octanol–water partition coefficient (Wildman–Crippen LogP) is 3.50. The number of thioether (sulfide) groups is 1. The fraction of sp³-hybridized carbons (Fsp3) is 0.429. The van der Waals surface area contributed by atoms with E-state index in [1.807, 2.05) is 0 Å². The van der Waals surface area contributed by atoms with Crippen molar-refractivity contribution in [2.45, 2.75) is 22.6 Å². The number of amides is 2.